The zero-order chi connectivity index (χ0) is 14.0. The average Bonchev–Trinajstić information content (AvgIpc) is 2.36. The molecule has 98 valence electrons. The van der Waals surface area contributed by atoms with E-state index in [2.05, 4.69) is 20.3 Å². The van der Waals surface area contributed by atoms with E-state index < -0.39 is 10.0 Å². The molecule has 0 heterocycles. The van der Waals surface area contributed by atoms with Gasteiger partial charge in [-0.05, 0) is 52.7 Å². The minimum Gasteiger partial charge on any atom is -0.288 e. The number of halogens is 1. The van der Waals surface area contributed by atoms with E-state index in [1.807, 2.05) is 0 Å². The second-order valence-corrected chi connectivity index (χ2v) is 6.41. The zero-order valence-corrected chi connectivity index (χ0v) is 12.4. The lowest BCUT2D eigenvalue weighted by atomic mass is 10.1. The summed E-state index contributed by atoms with van der Waals surface area (Å²) in [7, 11) is -3.76. The van der Waals surface area contributed by atoms with Crippen LogP contribution in [0.3, 0.4) is 0 Å². The smallest absolute Gasteiger partial charge is 0.282 e. The molecule has 0 atom stereocenters. The van der Waals surface area contributed by atoms with Crippen molar-refractivity contribution in [3.63, 3.8) is 0 Å². The monoisotopic (exact) mass is 339 g/mol. The van der Waals surface area contributed by atoms with Crippen LogP contribution in [-0.4, -0.2) is 19.9 Å². The molecule has 0 aliphatic heterocycles. The van der Waals surface area contributed by atoms with Gasteiger partial charge in [0.05, 0.1) is 15.1 Å². The standard InChI is InChI=1S/C13H10BrNO3S/c1-9-7-10(8-12(14)13(9)16)15-19(17,18)11-5-3-2-4-6-11/h2-8H,1H3/b15-10-. The van der Waals surface area contributed by atoms with Crippen LogP contribution in [0.15, 0.2) is 61.8 Å². The molecule has 0 amide bonds. The Hall–Kier alpha value is -1.53. The molecule has 0 spiro atoms. The number of nitrogens with zero attached hydrogens (tertiary/aromatic N) is 1. The molecule has 1 aromatic carbocycles. The first-order chi connectivity index (χ1) is 8.90. The van der Waals surface area contributed by atoms with Crippen LogP contribution in [0, 0.1) is 0 Å². The fraction of sp³-hybridized carbons (Fsp3) is 0.0769. The van der Waals surface area contributed by atoms with E-state index in [1.165, 1.54) is 24.3 Å². The van der Waals surface area contributed by atoms with Crippen LogP contribution in [0.4, 0.5) is 0 Å². The molecule has 1 aliphatic carbocycles. The summed E-state index contributed by atoms with van der Waals surface area (Å²) in [6, 6.07) is 7.94. The van der Waals surface area contributed by atoms with Crippen molar-refractivity contribution in [1.29, 1.82) is 0 Å². The summed E-state index contributed by atoms with van der Waals surface area (Å²) in [5, 5.41) is 0. The fourth-order valence-corrected chi connectivity index (χ4v) is 3.09. The van der Waals surface area contributed by atoms with Gasteiger partial charge in [-0.15, -0.1) is 0 Å². The quantitative estimate of drug-likeness (QED) is 0.778. The number of hydrogen-bond acceptors (Lipinski definition) is 3. The van der Waals surface area contributed by atoms with E-state index in [9.17, 15) is 13.2 Å². The van der Waals surface area contributed by atoms with Crippen molar-refractivity contribution in [2.75, 3.05) is 0 Å². The van der Waals surface area contributed by atoms with Crippen molar-refractivity contribution in [3.8, 4) is 0 Å². The number of allylic oxidation sites excluding steroid dienone is 4. The van der Waals surface area contributed by atoms with Crippen LogP contribution < -0.4 is 0 Å². The molecule has 1 aliphatic rings. The third-order valence-electron chi connectivity index (χ3n) is 2.48. The highest BCUT2D eigenvalue weighted by atomic mass is 79.9. The summed E-state index contributed by atoms with van der Waals surface area (Å²) in [5.74, 6) is -0.170. The summed E-state index contributed by atoms with van der Waals surface area (Å²) < 4.78 is 28.1. The number of sulfonamides is 1. The van der Waals surface area contributed by atoms with Crippen molar-refractivity contribution in [3.05, 3.63) is 52.5 Å². The van der Waals surface area contributed by atoms with Crippen molar-refractivity contribution in [2.24, 2.45) is 4.40 Å². The van der Waals surface area contributed by atoms with Gasteiger partial charge in [-0.3, -0.25) is 4.79 Å². The Morgan fingerprint density at radius 2 is 1.74 bits per heavy atom. The molecule has 0 bridgehead atoms. The third kappa shape index (κ3) is 3.08. The number of ketones is 1. The Balaban J connectivity index is 2.46. The van der Waals surface area contributed by atoms with E-state index in [1.54, 1.807) is 25.1 Å². The van der Waals surface area contributed by atoms with Crippen LogP contribution in [0.5, 0.6) is 0 Å². The summed E-state index contributed by atoms with van der Waals surface area (Å²) in [6.45, 7) is 1.61. The van der Waals surface area contributed by atoms with Gasteiger partial charge in [0, 0.05) is 0 Å². The van der Waals surface area contributed by atoms with Gasteiger partial charge in [0.2, 0.25) is 0 Å². The van der Waals surface area contributed by atoms with Gasteiger partial charge in [0.25, 0.3) is 10.0 Å². The molecule has 6 heteroatoms. The van der Waals surface area contributed by atoms with Gasteiger partial charge in [0.1, 0.15) is 0 Å². The van der Waals surface area contributed by atoms with Crippen molar-refractivity contribution < 1.29 is 13.2 Å². The number of benzene rings is 1. The summed E-state index contributed by atoms with van der Waals surface area (Å²) in [5.41, 5.74) is 0.671. The highest BCUT2D eigenvalue weighted by molar-refractivity contribution is 9.12. The molecule has 0 fully saturated rings. The largest absolute Gasteiger partial charge is 0.288 e. The van der Waals surface area contributed by atoms with Crippen molar-refractivity contribution in [1.82, 2.24) is 0 Å². The SMILES string of the molecule is CC1=C/C(=N/S(=O)(=O)c2ccccc2)C=C(Br)C1=O. The van der Waals surface area contributed by atoms with Crippen LogP contribution >= 0.6 is 15.9 Å². The second kappa shape index (κ2) is 5.22. The Bertz CT molecular complexity index is 692. The number of carbonyl (C=O) groups excluding carboxylic acids is 1. The van der Waals surface area contributed by atoms with Gasteiger partial charge < -0.3 is 0 Å². The Kier molecular flexibility index (Phi) is 3.82. The first-order valence-corrected chi connectivity index (χ1v) is 7.64. The minimum absolute atomic E-state index is 0.120. The van der Waals surface area contributed by atoms with Crippen LogP contribution in [0.25, 0.3) is 0 Å². The molecule has 19 heavy (non-hydrogen) atoms. The predicted molar refractivity (Wildman–Crippen MR) is 76.8 cm³/mol. The average molecular weight is 340 g/mol. The van der Waals surface area contributed by atoms with Crippen LogP contribution in [0.1, 0.15) is 6.92 Å². The first kappa shape index (κ1) is 13.9. The van der Waals surface area contributed by atoms with Gasteiger partial charge in [0.15, 0.2) is 5.78 Å². The number of carbonyl (C=O) groups is 1. The second-order valence-electron chi connectivity index (χ2n) is 3.95. The molecule has 0 saturated carbocycles. The molecule has 4 nitrogen and oxygen atoms in total. The Morgan fingerprint density at radius 1 is 1.11 bits per heavy atom. The molecule has 0 radical (unpaired) electrons. The van der Waals surface area contributed by atoms with Gasteiger partial charge in [-0.1, -0.05) is 18.2 Å². The normalized spacial score (nSPS) is 18.2. The Morgan fingerprint density at radius 3 is 2.32 bits per heavy atom. The molecule has 0 unspecified atom stereocenters. The zero-order valence-electron chi connectivity index (χ0n) is 10.00. The van der Waals surface area contributed by atoms with Crippen molar-refractivity contribution >= 4 is 37.4 Å². The molecule has 1 aromatic rings. The molecular formula is C13H10BrNO3S. The lowest BCUT2D eigenvalue weighted by Crippen LogP contribution is -2.10. The molecule has 2 rings (SSSR count). The molecule has 0 saturated heterocycles. The molecule has 0 N–H and O–H groups in total. The number of Topliss-reactive ketones (excluding diaryl/α,β-unsaturated/α-hetero) is 1. The third-order valence-corrected chi connectivity index (χ3v) is 4.39. The molecule has 0 aromatic heterocycles. The predicted octanol–water partition coefficient (Wildman–Crippen LogP) is 2.62. The summed E-state index contributed by atoms with van der Waals surface area (Å²) in [4.78, 5) is 11.6. The lowest BCUT2D eigenvalue weighted by Gasteiger charge is -2.07. The first-order valence-electron chi connectivity index (χ1n) is 5.40. The summed E-state index contributed by atoms with van der Waals surface area (Å²) >= 11 is 3.09. The maximum atomic E-state index is 12.0. The minimum atomic E-state index is -3.76. The number of rotatable bonds is 2. The van der Waals surface area contributed by atoms with E-state index in [0.29, 0.717) is 10.1 Å². The highest BCUT2D eigenvalue weighted by Gasteiger charge is 2.18. The van der Waals surface area contributed by atoms with Gasteiger partial charge >= 0.3 is 0 Å². The van der Waals surface area contributed by atoms with Crippen LogP contribution in [-0.2, 0) is 14.8 Å². The maximum Gasteiger partial charge on any atom is 0.282 e. The number of hydrogen-bond donors (Lipinski definition) is 0. The Labute approximate surface area is 119 Å². The maximum absolute atomic E-state index is 12.0. The fourth-order valence-electron chi connectivity index (χ4n) is 1.55. The topological polar surface area (TPSA) is 63.6 Å². The summed E-state index contributed by atoms with van der Waals surface area (Å²) in [6.07, 6.45) is 2.85. The van der Waals surface area contributed by atoms with E-state index in [4.69, 9.17) is 0 Å². The molecular weight excluding hydrogens is 330 g/mol. The lowest BCUT2D eigenvalue weighted by molar-refractivity contribution is -0.111. The van der Waals surface area contributed by atoms with Gasteiger partial charge in [-0.2, -0.15) is 12.8 Å². The van der Waals surface area contributed by atoms with E-state index in [0.717, 1.165) is 0 Å². The highest BCUT2D eigenvalue weighted by Crippen LogP contribution is 2.20. The van der Waals surface area contributed by atoms with Crippen LogP contribution in [0.2, 0.25) is 0 Å². The van der Waals surface area contributed by atoms with E-state index in [-0.39, 0.29) is 16.4 Å². The van der Waals surface area contributed by atoms with E-state index >= 15 is 0 Å². The van der Waals surface area contributed by atoms with Crippen molar-refractivity contribution in [2.45, 2.75) is 11.8 Å². The van der Waals surface area contributed by atoms with Gasteiger partial charge in [-0.25, -0.2) is 0 Å².